The minimum Gasteiger partial charge on any atom is -0.491 e. The van der Waals surface area contributed by atoms with Gasteiger partial charge in [0, 0.05) is 43.5 Å². The monoisotopic (exact) mass is 558 g/mol. The molecule has 2 aromatic carbocycles. The van der Waals surface area contributed by atoms with E-state index >= 15 is 0 Å². The van der Waals surface area contributed by atoms with E-state index in [-0.39, 0.29) is 11.5 Å². The van der Waals surface area contributed by atoms with Crippen LogP contribution in [0.2, 0.25) is 0 Å². The van der Waals surface area contributed by atoms with Gasteiger partial charge >= 0.3 is 6.09 Å². The van der Waals surface area contributed by atoms with Crippen LogP contribution in [0.25, 0.3) is 5.76 Å². The second-order valence-corrected chi connectivity index (χ2v) is 11.7. The summed E-state index contributed by atoms with van der Waals surface area (Å²) in [5.74, 6) is 1.70. The molecule has 0 bridgehead atoms. The standard InChI is InChI=1S/C33H42N4O4/c1-8-39-24(2)30-34-18-17-27(35-30)23-40-29-15-11-26(12-16-29)33(6,7)25-9-13-28(14-10-25)36-19-21-37(22-20-36)31(38)41-32(3,4)5/h9-18H,2,8,19-23H2,1,3-7H3. The quantitative estimate of drug-likeness (QED) is 0.280. The first-order valence-electron chi connectivity index (χ1n) is 14.2. The predicted octanol–water partition coefficient (Wildman–Crippen LogP) is 6.45. The Bertz CT molecular complexity index is 1320. The normalized spacial score (nSPS) is 14.0. The van der Waals surface area contributed by atoms with Crippen LogP contribution in [0.3, 0.4) is 0 Å². The predicted molar refractivity (Wildman–Crippen MR) is 162 cm³/mol. The molecule has 0 spiro atoms. The molecule has 0 saturated carbocycles. The van der Waals surface area contributed by atoms with E-state index in [1.165, 1.54) is 11.1 Å². The molecule has 0 radical (unpaired) electrons. The summed E-state index contributed by atoms with van der Waals surface area (Å²) in [6.07, 6.45) is 1.45. The highest BCUT2D eigenvalue weighted by molar-refractivity contribution is 5.68. The van der Waals surface area contributed by atoms with E-state index in [2.05, 4.69) is 71.7 Å². The minimum atomic E-state index is -0.480. The van der Waals surface area contributed by atoms with Crippen LogP contribution < -0.4 is 9.64 Å². The Morgan fingerprint density at radius 2 is 1.51 bits per heavy atom. The number of ether oxygens (including phenoxy) is 3. The molecule has 0 atom stereocenters. The van der Waals surface area contributed by atoms with Crippen molar-refractivity contribution in [1.82, 2.24) is 14.9 Å². The zero-order valence-corrected chi connectivity index (χ0v) is 25.1. The van der Waals surface area contributed by atoms with Gasteiger partial charge in [-0.25, -0.2) is 14.8 Å². The third-order valence-corrected chi connectivity index (χ3v) is 7.13. The molecule has 1 aliphatic rings. The van der Waals surface area contributed by atoms with E-state index in [9.17, 15) is 4.79 Å². The van der Waals surface area contributed by atoms with Gasteiger partial charge in [-0.2, -0.15) is 0 Å². The maximum absolute atomic E-state index is 12.4. The van der Waals surface area contributed by atoms with Crippen molar-refractivity contribution in [3.63, 3.8) is 0 Å². The zero-order chi connectivity index (χ0) is 29.6. The van der Waals surface area contributed by atoms with Gasteiger partial charge in [0.1, 0.15) is 18.0 Å². The molecule has 4 rings (SSSR count). The van der Waals surface area contributed by atoms with Gasteiger partial charge in [-0.3, -0.25) is 0 Å². The summed E-state index contributed by atoms with van der Waals surface area (Å²) in [6.45, 7) is 19.6. The van der Waals surface area contributed by atoms with Crippen LogP contribution in [-0.2, 0) is 21.5 Å². The number of aromatic nitrogens is 2. The van der Waals surface area contributed by atoms with Crippen molar-refractivity contribution in [3.8, 4) is 5.75 Å². The van der Waals surface area contributed by atoms with Gasteiger partial charge in [0.15, 0.2) is 11.6 Å². The molecule has 3 aromatic rings. The Morgan fingerprint density at radius 1 is 0.902 bits per heavy atom. The molecule has 1 aliphatic heterocycles. The summed E-state index contributed by atoms with van der Waals surface area (Å²) >= 11 is 0. The van der Waals surface area contributed by atoms with E-state index in [0.29, 0.717) is 37.9 Å². The number of anilines is 1. The molecule has 1 aromatic heterocycles. The minimum absolute atomic E-state index is 0.187. The van der Waals surface area contributed by atoms with Crippen molar-refractivity contribution < 1.29 is 19.0 Å². The molecular weight excluding hydrogens is 516 g/mol. The highest BCUT2D eigenvalue weighted by Crippen LogP contribution is 2.34. The Hall–Kier alpha value is -4.07. The summed E-state index contributed by atoms with van der Waals surface area (Å²) in [5.41, 5.74) is 3.67. The number of amides is 1. The third kappa shape index (κ3) is 7.78. The average molecular weight is 559 g/mol. The van der Waals surface area contributed by atoms with Crippen molar-refractivity contribution in [2.45, 2.75) is 59.2 Å². The smallest absolute Gasteiger partial charge is 0.410 e. The van der Waals surface area contributed by atoms with Crippen molar-refractivity contribution in [2.24, 2.45) is 0 Å². The largest absolute Gasteiger partial charge is 0.491 e. The molecule has 1 saturated heterocycles. The SMILES string of the molecule is C=C(OCC)c1nccc(COc2ccc(C(C)(C)c3ccc(N4CCN(C(=O)OC(C)(C)C)CC4)cc3)cc2)n1. The number of hydrogen-bond donors (Lipinski definition) is 0. The first kappa shape index (κ1) is 29.9. The number of hydrogen-bond acceptors (Lipinski definition) is 7. The van der Waals surface area contributed by atoms with Crippen molar-refractivity contribution in [1.29, 1.82) is 0 Å². The van der Waals surface area contributed by atoms with Crippen molar-refractivity contribution in [3.05, 3.63) is 90.0 Å². The van der Waals surface area contributed by atoms with Crippen LogP contribution in [0.5, 0.6) is 5.75 Å². The van der Waals surface area contributed by atoms with E-state index in [1.807, 2.05) is 45.9 Å². The first-order valence-corrected chi connectivity index (χ1v) is 14.2. The van der Waals surface area contributed by atoms with Crippen LogP contribution in [-0.4, -0.2) is 59.3 Å². The molecule has 0 N–H and O–H groups in total. The maximum atomic E-state index is 12.4. The second kappa shape index (κ2) is 12.6. The lowest BCUT2D eigenvalue weighted by atomic mass is 9.78. The summed E-state index contributed by atoms with van der Waals surface area (Å²) in [4.78, 5) is 25.2. The van der Waals surface area contributed by atoms with Gasteiger partial charge in [-0.15, -0.1) is 0 Å². The van der Waals surface area contributed by atoms with Crippen molar-refractivity contribution in [2.75, 3.05) is 37.7 Å². The van der Waals surface area contributed by atoms with Gasteiger partial charge in [0.25, 0.3) is 0 Å². The summed E-state index contributed by atoms with van der Waals surface area (Å²) in [7, 11) is 0. The maximum Gasteiger partial charge on any atom is 0.410 e. The number of nitrogens with zero attached hydrogens (tertiary/aromatic N) is 4. The molecule has 1 fully saturated rings. The number of benzene rings is 2. The van der Waals surface area contributed by atoms with Crippen LogP contribution in [0.1, 0.15) is 64.2 Å². The summed E-state index contributed by atoms with van der Waals surface area (Å²) < 4.78 is 16.9. The van der Waals surface area contributed by atoms with Crippen LogP contribution >= 0.6 is 0 Å². The molecular formula is C33H42N4O4. The topological polar surface area (TPSA) is 77.0 Å². The lowest BCUT2D eigenvalue weighted by Crippen LogP contribution is -2.50. The molecule has 8 nitrogen and oxygen atoms in total. The molecule has 0 aliphatic carbocycles. The second-order valence-electron chi connectivity index (χ2n) is 11.7. The van der Waals surface area contributed by atoms with Gasteiger partial charge in [0.2, 0.25) is 0 Å². The number of rotatable bonds is 9. The summed E-state index contributed by atoms with van der Waals surface area (Å²) in [6, 6.07) is 18.8. The number of carbonyl (C=O) groups excluding carboxylic acids is 1. The van der Waals surface area contributed by atoms with E-state index in [4.69, 9.17) is 14.2 Å². The first-order chi connectivity index (χ1) is 19.5. The van der Waals surface area contributed by atoms with Crippen molar-refractivity contribution >= 4 is 17.5 Å². The Balaban J connectivity index is 1.33. The Labute approximate surface area is 244 Å². The van der Waals surface area contributed by atoms with Gasteiger partial charge in [-0.1, -0.05) is 44.7 Å². The molecule has 8 heteroatoms. The molecule has 0 unspecified atom stereocenters. The molecule has 218 valence electrons. The molecule has 41 heavy (non-hydrogen) atoms. The molecule has 2 heterocycles. The van der Waals surface area contributed by atoms with Gasteiger partial charge < -0.3 is 24.0 Å². The van der Waals surface area contributed by atoms with Crippen LogP contribution in [0.4, 0.5) is 10.5 Å². The molecule has 1 amide bonds. The van der Waals surface area contributed by atoms with Crippen LogP contribution in [0, 0.1) is 0 Å². The van der Waals surface area contributed by atoms with Crippen LogP contribution in [0.15, 0.2) is 67.4 Å². The number of carbonyl (C=O) groups is 1. The van der Waals surface area contributed by atoms with Gasteiger partial charge in [-0.05, 0) is 69.2 Å². The van der Waals surface area contributed by atoms with Gasteiger partial charge in [0.05, 0.1) is 12.3 Å². The zero-order valence-electron chi connectivity index (χ0n) is 25.1. The fourth-order valence-corrected chi connectivity index (χ4v) is 4.70. The lowest BCUT2D eigenvalue weighted by molar-refractivity contribution is 0.0240. The number of piperazine rings is 1. The van der Waals surface area contributed by atoms with E-state index in [0.717, 1.165) is 30.2 Å². The summed E-state index contributed by atoms with van der Waals surface area (Å²) in [5, 5.41) is 0. The highest BCUT2D eigenvalue weighted by Gasteiger charge is 2.27. The van der Waals surface area contributed by atoms with E-state index < -0.39 is 5.60 Å². The third-order valence-electron chi connectivity index (χ3n) is 7.13. The Morgan fingerprint density at radius 3 is 2.10 bits per heavy atom. The average Bonchev–Trinajstić information content (AvgIpc) is 2.96. The van der Waals surface area contributed by atoms with E-state index in [1.54, 1.807) is 11.1 Å². The Kier molecular flexibility index (Phi) is 9.21. The fraction of sp³-hybridized carbons (Fsp3) is 0.424. The fourth-order valence-electron chi connectivity index (χ4n) is 4.70. The lowest BCUT2D eigenvalue weighted by Gasteiger charge is -2.37. The highest BCUT2D eigenvalue weighted by atomic mass is 16.6.